The topological polar surface area (TPSA) is 73.0 Å². The maximum atomic E-state index is 14.2. The molecule has 216 valence electrons. The fourth-order valence-electron chi connectivity index (χ4n) is 6.22. The quantitative estimate of drug-likeness (QED) is 0.539. The lowest BCUT2D eigenvalue weighted by Crippen LogP contribution is -2.46. The number of hydrogen-bond acceptors (Lipinski definition) is 5. The molecule has 0 radical (unpaired) electrons. The number of amides is 1. The van der Waals surface area contributed by atoms with Gasteiger partial charge in [0.2, 0.25) is 15.9 Å². The number of nitrogens with one attached hydrogen (secondary N) is 1. The molecule has 4 aliphatic rings. The minimum atomic E-state index is -3.76. The van der Waals surface area contributed by atoms with Crippen LogP contribution in [0.3, 0.4) is 0 Å². The summed E-state index contributed by atoms with van der Waals surface area (Å²) >= 11 is 0. The highest BCUT2D eigenvalue weighted by molar-refractivity contribution is 7.89. The molecule has 1 atom stereocenters. The average molecular weight is 577 g/mol. The summed E-state index contributed by atoms with van der Waals surface area (Å²) in [5, 5.41) is 1.87. The maximum absolute atomic E-state index is 14.2. The molecule has 3 aliphatic heterocycles. The molecule has 0 saturated carbocycles. The van der Waals surface area contributed by atoms with E-state index >= 15 is 0 Å². The van der Waals surface area contributed by atoms with Crippen LogP contribution in [0, 0.1) is 11.7 Å². The highest BCUT2D eigenvalue weighted by atomic mass is 32.2. The van der Waals surface area contributed by atoms with Crippen LogP contribution in [0.15, 0.2) is 88.1 Å². The van der Waals surface area contributed by atoms with E-state index in [2.05, 4.69) is 32.3 Å². The smallest absolute Gasteiger partial charge is 0.243 e. The monoisotopic (exact) mass is 576 g/mol. The number of hydrogen-bond donors (Lipinski definition) is 1. The summed E-state index contributed by atoms with van der Waals surface area (Å²) in [7, 11) is -3.76. The zero-order chi connectivity index (χ0) is 28.9. The molecule has 0 bridgehead atoms. The Bertz CT molecular complexity index is 1550. The van der Waals surface area contributed by atoms with Gasteiger partial charge in [0.05, 0.1) is 22.2 Å². The average Bonchev–Trinajstić information content (AvgIpc) is 3.39. The van der Waals surface area contributed by atoms with Crippen LogP contribution in [0.4, 0.5) is 10.1 Å². The third-order valence-corrected chi connectivity index (χ3v) is 10.5. The van der Waals surface area contributed by atoms with Gasteiger partial charge in [-0.3, -0.25) is 9.80 Å². The van der Waals surface area contributed by atoms with Gasteiger partial charge in [-0.15, -0.1) is 0 Å². The van der Waals surface area contributed by atoms with Gasteiger partial charge in [0, 0.05) is 38.0 Å². The van der Waals surface area contributed by atoms with E-state index in [-0.39, 0.29) is 28.6 Å². The van der Waals surface area contributed by atoms with Gasteiger partial charge in [-0.1, -0.05) is 32.9 Å². The maximum Gasteiger partial charge on any atom is 0.243 e. The highest BCUT2D eigenvalue weighted by Gasteiger charge is 2.43. The highest BCUT2D eigenvalue weighted by Crippen LogP contribution is 2.44. The number of piperidine rings is 1. The molecule has 7 nitrogen and oxygen atoms in total. The van der Waals surface area contributed by atoms with Crippen molar-refractivity contribution in [3.63, 3.8) is 0 Å². The van der Waals surface area contributed by atoms with Crippen molar-refractivity contribution in [2.75, 3.05) is 31.2 Å². The summed E-state index contributed by atoms with van der Waals surface area (Å²) in [6.45, 7) is 8.22. The molecule has 0 unspecified atom stereocenters. The zero-order valence-electron chi connectivity index (χ0n) is 23.9. The number of anilines is 1. The Morgan fingerprint density at radius 1 is 0.951 bits per heavy atom. The summed E-state index contributed by atoms with van der Waals surface area (Å²) in [6, 6.07) is 13.4. The van der Waals surface area contributed by atoms with E-state index in [9.17, 15) is 17.6 Å². The molecule has 0 aromatic heterocycles. The van der Waals surface area contributed by atoms with E-state index in [1.165, 1.54) is 16.4 Å². The molecule has 6 rings (SSSR count). The van der Waals surface area contributed by atoms with Gasteiger partial charge in [0.1, 0.15) is 5.82 Å². The first kappa shape index (κ1) is 27.7. The van der Waals surface area contributed by atoms with Gasteiger partial charge in [-0.05, 0) is 90.3 Å². The molecular weight excluding hydrogens is 539 g/mol. The van der Waals surface area contributed by atoms with Crippen LogP contribution in [0.5, 0.6) is 0 Å². The third-order valence-electron chi connectivity index (χ3n) is 8.60. The number of halogens is 1. The number of carbonyl (C=O) groups excluding carboxylic acids is 1. The van der Waals surface area contributed by atoms with Crippen molar-refractivity contribution in [1.82, 2.24) is 14.6 Å². The predicted octanol–water partition coefficient (Wildman–Crippen LogP) is 5.25. The van der Waals surface area contributed by atoms with E-state index in [0.29, 0.717) is 26.1 Å². The Hall–Kier alpha value is -3.43. The molecule has 1 saturated heterocycles. The van der Waals surface area contributed by atoms with Gasteiger partial charge < -0.3 is 10.3 Å². The summed E-state index contributed by atoms with van der Waals surface area (Å²) in [4.78, 5) is 16.4. The van der Waals surface area contributed by atoms with Gasteiger partial charge in [-0.25, -0.2) is 12.8 Å². The number of benzene rings is 2. The molecule has 41 heavy (non-hydrogen) atoms. The first-order valence-electron chi connectivity index (χ1n) is 14.4. The van der Waals surface area contributed by atoms with Gasteiger partial charge in [-0.2, -0.15) is 4.31 Å². The van der Waals surface area contributed by atoms with E-state index < -0.39 is 15.9 Å². The summed E-state index contributed by atoms with van der Waals surface area (Å²) in [5.74, 6) is -0.878. The molecule has 2 aromatic rings. The van der Waals surface area contributed by atoms with Crippen molar-refractivity contribution in [2.45, 2.75) is 56.8 Å². The number of hydrazine groups is 1. The lowest BCUT2D eigenvalue weighted by atomic mass is 9.78. The fourth-order valence-corrected chi connectivity index (χ4v) is 7.64. The lowest BCUT2D eigenvalue weighted by molar-refractivity contribution is -0.134. The van der Waals surface area contributed by atoms with Crippen LogP contribution in [0.2, 0.25) is 0 Å². The number of likely N-dealkylation sites (tertiary alicyclic amines) is 1. The molecular formula is C32H37FN4O3S. The first-order valence-corrected chi connectivity index (χ1v) is 15.8. The van der Waals surface area contributed by atoms with E-state index in [4.69, 9.17) is 0 Å². The van der Waals surface area contributed by atoms with Gasteiger partial charge >= 0.3 is 0 Å². The summed E-state index contributed by atoms with van der Waals surface area (Å²) < 4.78 is 42.8. The number of rotatable bonds is 4. The number of fused-ring (bicyclic) bond motifs is 1. The first-order chi connectivity index (χ1) is 19.5. The van der Waals surface area contributed by atoms with Crippen LogP contribution in [-0.4, -0.2) is 49.7 Å². The number of carbonyl (C=O) groups is 1. The Morgan fingerprint density at radius 3 is 2.29 bits per heavy atom. The van der Waals surface area contributed by atoms with Crippen molar-refractivity contribution in [2.24, 2.45) is 5.92 Å². The van der Waals surface area contributed by atoms with Crippen LogP contribution in [0.25, 0.3) is 0 Å². The van der Waals surface area contributed by atoms with Crippen molar-refractivity contribution in [3.8, 4) is 0 Å². The van der Waals surface area contributed by atoms with Crippen molar-refractivity contribution in [1.29, 1.82) is 0 Å². The van der Waals surface area contributed by atoms with Crippen molar-refractivity contribution >= 4 is 21.6 Å². The standard InChI is InChI=1S/C32H37FN4O3S/c1-32(2,3)23-7-13-26(14-8-23)41(39,40)36-18-15-22-19-29-27(20-34-37(29)25-11-9-24(33)10-12-25)30(28(22)21-36)31(38)35-16-5-4-6-17-35/h7-14,19-20,30,34H,4-6,15-18,21H2,1-3H3/t30-/m0/s1. The van der Waals surface area contributed by atoms with E-state index in [1.54, 1.807) is 24.3 Å². The summed E-state index contributed by atoms with van der Waals surface area (Å²) in [6.07, 6.45) is 7.45. The zero-order valence-corrected chi connectivity index (χ0v) is 24.7. The second-order valence-electron chi connectivity index (χ2n) is 12.3. The Morgan fingerprint density at radius 2 is 1.63 bits per heavy atom. The van der Waals surface area contributed by atoms with Crippen LogP contribution in [0.1, 0.15) is 52.0 Å². The molecule has 9 heteroatoms. The predicted molar refractivity (Wildman–Crippen MR) is 158 cm³/mol. The van der Waals surface area contributed by atoms with Crippen LogP contribution < -0.4 is 10.4 Å². The molecule has 1 fully saturated rings. The molecule has 1 amide bonds. The second-order valence-corrected chi connectivity index (χ2v) is 14.2. The SMILES string of the molecule is CC(C)(C)c1ccc(S(=O)(=O)N2CCC3=C(C2)[C@@H](C(=O)N2CCCCC2)C2=CNN(c4ccc(F)cc4)C2=C3)cc1. The van der Waals surface area contributed by atoms with Gasteiger partial charge in [0.25, 0.3) is 0 Å². The number of sulfonamides is 1. The second kappa shape index (κ2) is 10.4. The Balaban J connectivity index is 1.36. The lowest BCUT2D eigenvalue weighted by Gasteiger charge is -2.39. The molecule has 1 N–H and O–H groups in total. The molecule has 3 heterocycles. The molecule has 2 aromatic carbocycles. The van der Waals surface area contributed by atoms with Crippen molar-refractivity contribution in [3.05, 3.63) is 94.6 Å². The van der Waals surface area contributed by atoms with E-state index in [0.717, 1.165) is 52.9 Å². The number of nitrogens with zero attached hydrogens (tertiary/aromatic N) is 3. The molecule has 1 aliphatic carbocycles. The largest absolute Gasteiger partial charge is 0.342 e. The minimum absolute atomic E-state index is 0.0191. The van der Waals surface area contributed by atoms with E-state index in [1.807, 2.05) is 28.2 Å². The van der Waals surface area contributed by atoms with Crippen LogP contribution in [-0.2, 0) is 20.2 Å². The Labute approximate surface area is 242 Å². The molecule has 0 spiro atoms. The fraction of sp³-hybridized carbons (Fsp3) is 0.406. The van der Waals surface area contributed by atoms with Gasteiger partial charge in [0.15, 0.2) is 0 Å². The number of allylic oxidation sites excluding steroid dienone is 2. The normalized spacial score (nSPS) is 21.6. The Kier molecular flexibility index (Phi) is 7.06. The van der Waals surface area contributed by atoms with Crippen molar-refractivity contribution < 1.29 is 17.6 Å². The minimum Gasteiger partial charge on any atom is -0.342 e. The summed E-state index contributed by atoms with van der Waals surface area (Å²) in [5.41, 5.74) is 8.53. The van der Waals surface area contributed by atoms with Crippen LogP contribution >= 0.6 is 0 Å². The third kappa shape index (κ3) is 5.10.